The molecule has 1 radical (unpaired) electrons. The number of nitrogens with zero attached hydrogens (tertiary/aromatic N) is 2. The summed E-state index contributed by atoms with van der Waals surface area (Å²) < 4.78 is 11.2. The Balaban J connectivity index is 0.00000208. The number of aromatic nitrogens is 2. The van der Waals surface area contributed by atoms with Gasteiger partial charge in [0.1, 0.15) is 23.6 Å². The molecule has 0 bridgehead atoms. The monoisotopic (exact) mass is 397 g/mol. The average molecular weight is 397 g/mol. The third-order valence-electron chi connectivity index (χ3n) is 3.34. The quantitative estimate of drug-likeness (QED) is 0.638. The first kappa shape index (κ1) is 18.6. The zero-order chi connectivity index (χ0) is 16.1. The molecule has 0 amide bonds. The smallest absolute Gasteiger partial charge is 0.136 e. The second-order valence-electron chi connectivity index (χ2n) is 5.01. The van der Waals surface area contributed by atoms with E-state index in [-0.39, 0.29) is 32.7 Å². The fourth-order valence-electron chi connectivity index (χ4n) is 2.28. The summed E-state index contributed by atoms with van der Waals surface area (Å²) in [5, 5.41) is 4.14. The van der Waals surface area contributed by atoms with Crippen molar-refractivity contribution in [3.63, 3.8) is 0 Å². The van der Waals surface area contributed by atoms with Gasteiger partial charge in [0.2, 0.25) is 0 Å². The molecular formula is C18H18N3O2Y-. The van der Waals surface area contributed by atoms with Crippen molar-refractivity contribution in [2.24, 2.45) is 0 Å². The molecule has 0 saturated heterocycles. The number of ether oxygens (including phenoxy) is 2. The van der Waals surface area contributed by atoms with Crippen LogP contribution in [0.1, 0.15) is 13.3 Å². The first-order valence-electron chi connectivity index (χ1n) is 7.50. The van der Waals surface area contributed by atoms with Gasteiger partial charge < -0.3 is 14.8 Å². The Bertz CT molecular complexity index is 797. The van der Waals surface area contributed by atoms with Gasteiger partial charge in [-0.15, -0.1) is 6.07 Å². The van der Waals surface area contributed by atoms with Crippen LogP contribution in [0.15, 0.2) is 42.7 Å². The predicted octanol–water partition coefficient (Wildman–Crippen LogP) is 3.97. The molecule has 121 valence electrons. The number of rotatable bonds is 6. The molecule has 1 heterocycles. The summed E-state index contributed by atoms with van der Waals surface area (Å²) in [7, 11) is 1.63. The number of hydrogen-bond acceptors (Lipinski definition) is 5. The fourth-order valence-corrected chi connectivity index (χ4v) is 2.28. The van der Waals surface area contributed by atoms with Crippen LogP contribution >= 0.6 is 0 Å². The summed E-state index contributed by atoms with van der Waals surface area (Å²) in [5.41, 5.74) is 1.68. The summed E-state index contributed by atoms with van der Waals surface area (Å²) in [4.78, 5) is 8.71. The van der Waals surface area contributed by atoms with Gasteiger partial charge in [0.05, 0.1) is 24.6 Å². The first-order valence-corrected chi connectivity index (χ1v) is 7.50. The number of fused-ring (bicyclic) bond motifs is 1. The maximum absolute atomic E-state index is 5.88. The largest absolute Gasteiger partial charge is 0.497 e. The molecule has 24 heavy (non-hydrogen) atoms. The first-order chi connectivity index (χ1) is 11.3. The van der Waals surface area contributed by atoms with Crippen molar-refractivity contribution in [1.29, 1.82) is 0 Å². The molecule has 5 nitrogen and oxygen atoms in total. The van der Waals surface area contributed by atoms with Gasteiger partial charge in [-0.1, -0.05) is 12.6 Å². The minimum atomic E-state index is 0. The Morgan fingerprint density at radius 1 is 1.25 bits per heavy atom. The fraction of sp³-hybridized carbons (Fsp3) is 0.222. The second-order valence-corrected chi connectivity index (χ2v) is 5.01. The number of benzene rings is 2. The molecule has 0 fully saturated rings. The van der Waals surface area contributed by atoms with Crippen molar-refractivity contribution in [2.75, 3.05) is 19.0 Å². The SMILES string of the molecule is CCCOc1cc(OC)cc2ncnc(Nc3c[c-]ccc3)c12.[Y]. The molecule has 0 aliphatic carbocycles. The van der Waals surface area contributed by atoms with Gasteiger partial charge in [-0.05, 0) is 6.42 Å². The van der Waals surface area contributed by atoms with E-state index >= 15 is 0 Å². The predicted molar refractivity (Wildman–Crippen MR) is 90.4 cm³/mol. The van der Waals surface area contributed by atoms with Crippen LogP contribution in [0.5, 0.6) is 11.5 Å². The van der Waals surface area contributed by atoms with Crippen LogP contribution in [0, 0.1) is 6.07 Å². The molecule has 6 heteroatoms. The summed E-state index contributed by atoms with van der Waals surface area (Å²) in [6.45, 7) is 2.69. The van der Waals surface area contributed by atoms with Gasteiger partial charge in [-0.3, -0.25) is 0 Å². The molecule has 3 aromatic rings. The Morgan fingerprint density at radius 2 is 2.12 bits per heavy atom. The van der Waals surface area contributed by atoms with Gasteiger partial charge in [-0.25, -0.2) is 9.97 Å². The zero-order valence-electron chi connectivity index (χ0n) is 13.7. The van der Waals surface area contributed by atoms with Gasteiger partial charge in [0.25, 0.3) is 0 Å². The maximum Gasteiger partial charge on any atom is 0.136 e. The molecule has 0 saturated carbocycles. The topological polar surface area (TPSA) is 56.3 Å². The van der Waals surface area contributed by atoms with Crippen molar-refractivity contribution in [2.45, 2.75) is 13.3 Å². The number of methoxy groups -OCH3 is 1. The van der Waals surface area contributed by atoms with Crippen molar-refractivity contribution in [1.82, 2.24) is 9.97 Å². The van der Waals surface area contributed by atoms with Crippen LogP contribution < -0.4 is 14.8 Å². The third-order valence-corrected chi connectivity index (χ3v) is 3.34. The molecule has 1 aromatic heterocycles. The van der Waals surface area contributed by atoms with Crippen LogP contribution in [0.25, 0.3) is 10.9 Å². The van der Waals surface area contributed by atoms with E-state index in [0.717, 1.165) is 23.0 Å². The minimum Gasteiger partial charge on any atom is -0.497 e. The summed E-state index contributed by atoms with van der Waals surface area (Å²) in [5.74, 6) is 2.12. The molecule has 1 N–H and O–H groups in total. The standard InChI is InChI=1S/C18H18N3O2.Y/c1-3-9-23-16-11-14(22-2)10-15-17(16)18(20-12-19-15)21-13-7-5-4-6-8-13;/h4-5,7-8,10-12H,3,9H2,1-2H3,(H,19,20,21);/q-1;. The van der Waals surface area contributed by atoms with E-state index in [9.17, 15) is 0 Å². The zero-order valence-corrected chi connectivity index (χ0v) is 16.6. The van der Waals surface area contributed by atoms with Crippen molar-refractivity contribution in [3.8, 4) is 11.5 Å². The molecule has 2 aromatic carbocycles. The van der Waals surface area contributed by atoms with Crippen LogP contribution in [-0.2, 0) is 32.7 Å². The van der Waals surface area contributed by atoms with Crippen molar-refractivity contribution < 1.29 is 42.2 Å². The van der Waals surface area contributed by atoms with E-state index in [1.807, 2.05) is 36.4 Å². The molecule has 0 atom stereocenters. The Kier molecular flexibility index (Phi) is 6.94. The van der Waals surface area contributed by atoms with Crippen LogP contribution in [0.4, 0.5) is 11.5 Å². The average Bonchev–Trinajstić information content (AvgIpc) is 2.60. The van der Waals surface area contributed by atoms with E-state index in [4.69, 9.17) is 9.47 Å². The summed E-state index contributed by atoms with van der Waals surface area (Å²) in [6, 6.07) is 14.4. The van der Waals surface area contributed by atoms with Crippen molar-refractivity contribution in [3.05, 3.63) is 48.8 Å². The molecule has 0 spiro atoms. The molecule has 0 aliphatic rings. The molecular weight excluding hydrogens is 379 g/mol. The van der Waals surface area contributed by atoms with Gasteiger partial charge in [0.15, 0.2) is 0 Å². The van der Waals surface area contributed by atoms with Crippen LogP contribution in [0.2, 0.25) is 0 Å². The van der Waals surface area contributed by atoms with E-state index in [0.29, 0.717) is 23.9 Å². The minimum absolute atomic E-state index is 0. The summed E-state index contributed by atoms with van der Waals surface area (Å²) in [6.07, 6.45) is 2.45. The van der Waals surface area contributed by atoms with E-state index < -0.39 is 0 Å². The molecule has 0 unspecified atom stereocenters. The van der Waals surface area contributed by atoms with Gasteiger partial charge in [-0.2, -0.15) is 24.3 Å². The van der Waals surface area contributed by atoms with Gasteiger partial charge in [0, 0.05) is 44.8 Å². The Labute approximate surface area is 166 Å². The maximum atomic E-state index is 5.88. The van der Waals surface area contributed by atoms with E-state index in [1.165, 1.54) is 6.33 Å². The third kappa shape index (κ3) is 4.22. The summed E-state index contributed by atoms with van der Waals surface area (Å²) >= 11 is 0. The second kappa shape index (κ2) is 8.95. The van der Waals surface area contributed by atoms with Crippen LogP contribution in [0.3, 0.4) is 0 Å². The van der Waals surface area contributed by atoms with Gasteiger partial charge >= 0.3 is 0 Å². The number of anilines is 2. The van der Waals surface area contributed by atoms with E-state index in [2.05, 4.69) is 28.3 Å². The Hall–Kier alpha value is -1.72. The number of hydrogen-bond donors (Lipinski definition) is 1. The Morgan fingerprint density at radius 3 is 2.83 bits per heavy atom. The van der Waals surface area contributed by atoms with E-state index in [1.54, 1.807) is 7.11 Å². The molecule has 3 rings (SSSR count). The van der Waals surface area contributed by atoms with Crippen molar-refractivity contribution >= 4 is 22.4 Å². The molecule has 0 aliphatic heterocycles. The van der Waals surface area contributed by atoms with Crippen LogP contribution in [-0.4, -0.2) is 23.7 Å². The number of nitrogens with one attached hydrogen (secondary N) is 1. The normalized spacial score (nSPS) is 10.1.